The molecule has 0 unspecified atom stereocenters. The van der Waals surface area contributed by atoms with E-state index >= 15 is 0 Å². The van der Waals surface area contributed by atoms with Crippen LogP contribution in [0.5, 0.6) is 0 Å². The van der Waals surface area contributed by atoms with E-state index in [4.69, 9.17) is 0 Å². The van der Waals surface area contributed by atoms with Gasteiger partial charge in [-0.25, -0.2) is 9.67 Å². The number of imidazole rings is 1. The molecule has 3 rings (SSSR count). The molecule has 0 saturated carbocycles. The summed E-state index contributed by atoms with van der Waals surface area (Å²) in [5.74, 6) is 6.27. The van der Waals surface area contributed by atoms with Gasteiger partial charge in [0.2, 0.25) is 0 Å². The maximum Gasteiger partial charge on any atom is 0.293 e. The molecule has 0 atom stereocenters. The molecular weight excluding hydrogens is 304 g/mol. The molecule has 0 spiro atoms. The van der Waals surface area contributed by atoms with Gasteiger partial charge in [0.25, 0.3) is 5.56 Å². The van der Waals surface area contributed by atoms with Crippen LogP contribution in [0.1, 0.15) is 23.1 Å². The van der Waals surface area contributed by atoms with Crippen LogP contribution in [0.2, 0.25) is 0 Å². The van der Waals surface area contributed by atoms with Crippen molar-refractivity contribution in [2.24, 2.45) is 0 Å². The average Bonchev–Trinajstić information content (AvgIpc) is 2.92. The molecule has 24 heavy (non-hydrogen) atoms. The number of aromatic nitrogens is 4. The number of benzene rings is 1. The van der Waals surface area contributed by atoms with Gasteiger partial charge in [-0.3, -0.25) is 9.59 Å². The van der Waals surface area contributed by atoms with Crippen LogP contribution in [0.15, 0.2) is 41.3 Å². The number of hydrogen-bond donors (Lipinski definition) is 0. The third-order valence-electron chi connectivity index (χ3n) is 3.74. The molecule has 0 fully saturated rings. The van der Waals surface area contributed by atoms with Crippen molar-refractivity contribution < 1.29 is 4.79 Å². The highest BCUT2D eigenvalue weighted by Crippen LogP contribution is 2.10. The van der Waals surface area contributed by atoms with Crippen LogP contribution in [0.3, 0.4) is 0 Å². The van der Waals surface area contributed by atoms with Crippen LogP contribution in [0, 0.1) is 18.8 Å². The molecule has 1 aromatic carbocycles. The predicted molar refractivity (Wildman–Crippen MR) is 90.7 cm³/mol. The van der Waals surface area contributed by atoms with E-state index in [1.165, 1.54) is 10.9 Å². The molecule has 120 valence electrons. The number of carbonyl (C=O) groups is 1. The highest BCUT2D eigenvalue weighted by Gasteiger charge is 2.15. The summed E-state index contributed by atoms with van der Waals surface area (Å²) in [7, 11) is 0. The van der Waals surface area contributed by atoms with Crippen molar-refractivity contribution >= 4 is 16.8 Å². The Hall–Kier alpha value is -3.20. The van der Waals surface area contributed by atoms with E-state index in [9.17, 15) is 9.59 Å². The summed E-state index contributed by atoms with van der Waals surface area (Å²) in [6.07, 6.45) is 1.51. The molecule has 0 radical (unpaired) electrons. The van der Waals surface area contributed by atoms with Crippen LogP contribution in [0.25, 0.3) is 11.0 Å². The van der Waals surface area contributed by atoms with Crippen LogP contribution >= 0.6 is 0 Å². The fourth-order valence-corrected chi connectivity index (χ4v) is 2.52. The first kappa shape index (κ1) is 15.7. The number of nitrogens with zero attached hydrogens (tertiary/aromatic N) is 4. The van der Waals surface area contributed by atoms with Crippen LogP contribution in [0.4, 0.5) is 0 Å². The molecule has 2 aromatic heterocycles. The Kier molecular flexibility index (Phi) is 4.25. The molecule has 3 aromatic rings. The van der Waals surface area contributed by atoms with Crippen molar-refractivity contribution in [1.29, 1.82) is 0 Å². The van der Waals surface area contributed by atoms with Gasteiger partial charge in [0.05, 0.1) is 12.7 Å². The minimum absolute atomic E-state index is 0.109. The van der Waals surface area contributed by atoms with Gasteiger partial charge >= 0.3 is 0 Å². The number of Topliss-reactive ketones (excluding diaryl/α,β-unsaturated/α-hetero) is 1. The van der Waals surface area contributed by atoms with E-state index in [2.05, 4.69) is 21.9 Å². The highest BCUT2D eigenvalue weighted by atomic mass is 16.1. The SMILES string of the molecule is CC#CCn1c(C)nc2cnn(CC(=O)c3ccccc3)c(=O)c21. The Labute approximate surface area is 138 Å². The Morgan fingerprint density at radius 2 is 2.00 bits per heavy atom. The first-order chi connectivity index (χ1) is 11.6. The summed E-state index contributed by atoms with van der Waals surface area (Å²) in [6.45, 7) is 3.83. The van der Waals surface area contributed by atoms with Crippen LogP contribution in [-0.4, -0.2) is 25.1 Å². The van der Waals surface area contributed by atoms with Crippen LogP contribution in [-0.2, 0) is 13.1 Å². The van der Waals surface area contributed by atoms with Gasteiger partial charge in [0.1, 0.15) is 23.4 Å². The van der Waals surface area contributed by atoms with E-state index < -0.39 is 0 Å². The summed E-state index contributed by atoms with van der Waals surface area (Å²) in [6, 6.07) is 8.85. The highest BCUT2D eigenvalue weighted by molar-refractivity contribution is 5.95. The van der Waals surface area contributed by atoms with Crippen molar-refractivity contribution in [2.45, 2.75) is 26.9 Å². The predicted octanol–water partition coefficient (Wildman–Crippen LogP) is 1.81. The van der Waals surface area contributed by atoms with Crippen molar-refractivity contribution in [1.82, 2.24) is 19.3 Å². The first-order valence-corrected chi connectivity index (χ1v) is 7.52. The Morgan fingerprint density at radius 1 is 1.25 bits per heavy atom. The lowest BCUT2D eigenvalue weighted by Gasteiger charge is -2.05. The van der Waals surface area contributed by atoms with Crippen molar-refractivity contribution in [2.75, 3.05) is 0 Å². The van der Waals surface area contributed by atoms with Gasteiger partial charge in [-0.15, -0.1) is 5.92 Å². The molecule has 6 nitrogen and oxygen atoms in total. The van der Waals surface area contributed by atoms with Gasteiger partial charge in [-0.2, -0.15) is 5.10 Å². The molecule has 6 heteroatoms. The fourth-order valence-electron chi connectivity index (χ4n) is 2.52. The second kappa shape index (κ2) is 6.50. The van der Waals surface area contributed by atoms with E-state index in [1.807, 2.05) is 13.0 Å². The third kappa shape index (κ3) is 2.84. The van der Waals surface area contributed by atoms with E-state index in [0.717, 1.165) is 0 Å². The van der Waals surface area contributed by atoms with Crippen molar-refractivity contribution in [3.63, 3.8) is 0 Å². The molecule has 0 aliphatic carbocycles. The molecule has 0 amide bonds. The summed E-state index contributed by atoms with van der Waals surface area (Å²) in [5.41, 5.74) is 1.15. The lowest BCUT2D eigenvalue weighted by Crippen LogP contribution is -2.28. The molecule has 0 aliphatic rings. The third-order valence-corrected chi connectivity index (χ3v) is 3.74. The lowest BCUT2D eigenvalue weighted by atomic mass is 10.1. The van der Waals surface area contributed by atoms with E-state index in [-0.39, 0.29) is 17.9 Å². The monoisotopic (exact) mass is 320 g/mol. The first-order valence-electron chi connectivity index (χ1n) is 7.52. The summed E-state index contributed by atoms with van der Waals surface area (Å²) in [5, 5.41) is 4.08. The van der Waals surface area contributed by atoms with Gasteiger partial charge in [-0.1, -0.05) is 36.3 Å². The zero-order chi connectivity index (χ0) is 17.1. The number of rotatable bonds is 4. The minimum Gasteiger partial charge on any atom is -0.312 e. The normalized spacial score (nSPS) is 10.4. The fraction of sp³-hybridized carbons (Fsp3) is 0.222. The zero-order valence-electron chi connectivity index (χ0n) is 13.5. The van der Waals surface area contributed by atoms with Gasteiger partial charge in [0.15, 0.2) is 5.78 Å². The lowest BCUT2D eigenvalue weighted by molar-refractivity contribution is 0.0966. The minimum atomic E-state index is -0.338. The zero-order valence-corrected chi connectivity index (χ0v) is 13.5. The van der Waals surface area contributed by atoms with Crippen molar-refractivity contribution in [3.05, 3.63) is 58.3 Å². The number of ketones is 1. The topological polar surface area (TPSA) is 69.8 Å². The molecule has 0 aliphatic heterocycles. The summed E-state index contributed by atoms with van der Waals surface area (Å²) >= 11 is 0. The van der Waals surface area contributed by atoms with E-state index in [1.54, 1.807) is 35.8 Å². The van der Waals surface area contributed by atoms with Gasteiger partial charge in [0, 0.05) is 5.56 Å². The standard InChI is InChI=1S/C18H16N4O2/c1-3-4-10-21-13(2)20-15-11-19-22(18(24)17(15)21)12-16(23)14-8-6-5-7-9-14/h5-9,11H,10,12H2,1-2H3. The second-order valence-corrected chi connectivity index (χ2v) is 5.30. The smallest absolute Gasteiger partial charge is 0.293 e. The number of aryl methyl sites for hydroxylation is 1. The van der Waals surface area contributed by atoms with Gasteiger partial charge < -0.3 is 4.57 Å². The second-order valence-electron chi connectivity index (χ2n) is 5.30. The Morgan fingerprint density at radius 3 is 2.71 bits per heavy atom. The van der Waals surface area contributed by atoms with Crippen LogP contribution < -0.4 is 5.56 Å². The molecule has 2 heterocycles. The van der Waals surface area contributed by atoms with E-state index in [0.29, 0.717) is 29.0 Å². The maximum absolute atomic E-state index is 12.7. The number of fused-ring (bicyclic) bond motifs is 1. The number of hydrogen-bond acceptors (Lipinski definition) is 4. The summed E-state index contributed by atoms with van der Waals surface area (Å²) < 4.78 is 2.92. The molecular formula is C18H16N4O2. The Bertz CT molecular complexity index is 1020. The molecule has 0 N–H and O–H groups in total. The maximum atomic E-state index is 12.7. The van der Waals surface area contributed by atoms with Gasteiger partial charge in [-0.05, 0) is 13.8 Å². The molecule has 0 saturated heterocycles. The summed E-state index contributed by atoms with van der Waals surface area (Å²) in [4.78, 5) is 29.4. The quantitative estimate of drug-likeness (QED) is 0.543. The molecule has 0 bridgehead atoms. The largest absolute Gasteiger partial charge is 0.312 e. The Balaban J connectivity index is 2.03. The number of carbonyl (C=O) groups excluding carboxylic acids is 1. The van der Waals surface area contributed by atoms with Crippen molar-refractivity contribution in [3.8, 4) is 11.8 Å². The average molecular weight is 320 g/mol.